The number of aryl methyl sites for hydroxylation is 2. The Bertz CT molecular complexity index is 3250. The Morgan fingerprint density at radius 1 is 0.580 bits per heavy atom. The monoisotopic (exact) mass is 936 g/mol. The summed E-state index contributed by atoms with van der Waals surface area (Å²) >= 11 is 0. The quantitative estimate of drug-likeness (QED) is 0.126. The molecule has 0 atom stereocenters. The van der Waals surface area contributed by atoms with E-state index in [0.717, 1.165) is 85.1 Å². The van der Waals surface area contributed by atoms with Crippen LogP contribution < -0.4 is 9.47 Å². The van der Waals surface area contributed by atoms with Gasteiger partial charge in [-0.1, -0.05) is 36.4 Å². The minimum Gasteiger partial charge on any atom is -0.493 e. The fraction of sp³-hybridized carbons (Fsp3) is 0.298. The van der Waals surface area contributed by atoms with Crippen LogP contribution in [-0.4, -0.2) is 66.7 Å². The molecule has 0 aliphatic carbocycles. The first-order valence-electron chi connectivity index (χ1n) is 22.9. The van der Waals surface area contributed by atoms with Gasteiger partial charge < -0.3 is 29.9 Å². The van der Waals surface area contributed by atoms with E-state index in [0.29, 0.717) is 57.0 Å². The minimum absolute atomic E-state index is 0.147. The maximum atomic E-state index is 15.1. The summed E-state index contributed by atoms with van der Waals surface area (Å²) in [5.74, 6) is -1.02. The molecule has 10 rings (SSSR count). The number of rotatable bonds is 6. The summed E-state index contributed by atoms with van der Waals surface area (Å²) in [6, 6.07) is 24.2. The Labute approximate surface area is 400 Å². The van der Waals surface area contributed by atoms with Gasteiger partial charge in [0.15, 0.2) is 0 Å². The van der Waals surface area contributed by atoms with Gasteiger partial charge in [0, 0.05) is 57.9 Å². The van der Waals surface area contributed by atoms with Crippen molar-refractivity contribution in [1.29, 1.82) is 0 Å². The number of halogens is 2. The van der Waals surface area contributed by atoms with E-state index in [9.17, 15) is 19.8 Å². The molecular formula is C57H58F2N2O8. The van der Waals surface area contributed by atoms with Gasteiger partial charge in [-0.25, -0.2) is 8.78 Å². The molecule has 8 aromatic rings. The van der Waals surface area contributed by atoms with Crippen LogP contribution in [0.2, 0.25) is 0 Å². The molecule has 69 heavy (non-hydrogen) atoms. The van der Waals surface area contributed by atoms with Crippen LogP contribution >= 0.6 is 0 Å². The third kappa shape index (κ3) is 11.0. The third-order valence-electron chi connectivity index (χ3n) is 11.6. The van der Waals surface area contributed by atoms with E-state index in [1.165, 1.54) is 0 Å². The van der Waals surface area contributed by atoms with E-state index in [2.05, 4.69) is 9.97 Å². The van der Waals surface area contributed by atoms with Gasteiger partial charge in [-0.15, -0.1) is 0 Å². The smallest absolute Gasteiger partial charge is 0.307 e. The first-order chi connectivity index (χ1) is 32.5. The molecule has 2 aromatic heterocycles. The fourth-order valence-corrected chi connectivity index (χ4v) is 8.87. The fourth-order valence-electron chi connectivity index (χ4n) is 8.87. The van der Waals surface area contributed by atoms with Gasteiger partial charge in [-0.05, 0) is 166 Å². The van der Waals surface area contributed by atoms with Crippen molar-refractivity contribution in [2.24, 2.45) is 0 Å². The lowest BCUT2D eigenvalue weighted by Crippen LogP contribution is -2.10. The zero-order valence-electron chi connectivity index (χ0n) is 40.5. The van der Waals surface area contributed by atoms with E-state index in [1.54, 1.807) is 92.0 Å². The number of hydrogen-bond acceptors (Lipinski definition) is 8. The number of hydrogen-bond donors (Lipinski definition) is 4. The SMILES string of the molecule is CC(C)(C)O.CC(C)(C)O.Cc1c(CC(=O)O)c(-c2ccc3c4c(ccnc24)CCO3)c2ccccc2c1F.Cc1cc2c(F)c(C)ccc2c(-c2ccc3c4c(ccnc24)CCO3)c1CC(=O)O. The largest absolute Gasteiger partial charge is 0.493 e. The highest BCUT2D eigenvalue weighted by Crippen LogP contribution is 2.45. The highest BCUT2D eigenvalue weighted by molar-refractivity contribution is 6.10. The van der Waals surface area contributed by atoms with E-state index >= 15 is 8.78 Å². The van der Waals surface area contributed by atoms with Crippen molar-refractivity contribution in [3.63, 3.8) is 0 Å². The second-order valence-electron chi connectivity index (χ2n) is 19.5. The molecule has 4 heterocycles. The third-order valence-corrected chi connectivity index (χ3v) is 11.6. The second kappa shape index (κ2) is 19.9. The summed E-state index contributed by atoms with van der Waals surface area (Å²) in [6.07, 6.45) is 4.72. The Kier molecular flexibility index (Phi) is 14.4. The molecule has 12 heteroatoms. The Morgan fingerprint density at radius 2 is 1.03 bits per heavy atom. The molecule has 0 unspecified atom stereocenters. The summed E-state index contributed by atoms with van der Waals surface area (Å²) < 4.78 is 41.8. The van der Waals surface area contributed by atoms with Crippen molar-refractivity contribution in [3.05, 3.63) is 142 Å². The summed E-state index contributed by atoms with van der Waals surface area (Å²) in [4.78, 5) is 32.6. The molecule has 0 saturated heterocycles. The number of carbonyl (C=O) groups is 2. The first kappa shape index (κ1) is 49.9. The standard InChI is InChI=1S/C25H20FNO3.C24H18FNO3.2C4H10O/c1-13-3-4-16-19(24(13)26)11-14(2)18(12-21(28)29)23(16)17-5-6-20-22-15(8-10-30-20)7-9-27-25(17)22;1-13-18(12-20(27)28)22(15-4-2-3-5-16(15)23(13)25)17-6-7-19-21-14(9-11-29-19)8-10-26-24(17)21;2*1-4(2,3)5/h3-7,9,11H,8,10,12H2,1-2H3,(H,28,29);2-8,10H,9,11-12H2,1H3,(H,27,28);2*5H,1-3H3. The molecule has 358 valence electrons. The van der Waals surface area contributed by atoms with E-state index in [-0.39, 0.29) is 24.5 Å². The lowest BCUT2D eigenvalue weighted by Gasteiger charge is -2.22. The van der Waals surface area contributed by atoms with Crippen molar-refractivity contribution in [1.82, 2.24) is 9.97 Å². The molecule has 0 fully saturated rings. The normalized spacial score (nSPS) is 12.8. The maximum absolute atomic E-state index is 15.1. The molecule has 0 radical (unpaired) electrons. The number of aliphatic carboxylic acids is 2. The maximum Gasteiger partial charge on any atom is 0.307 e. The van der Waals surface area contributed by atoms with Crippen LogP contribution in [0, 0.1) is 32.4 Å². The average molecular weight is 937 g/mol. The van der Waals surface area contributed by atoms with Crippen molar-refractivity contribution in [2.45, 2.75) is 99.2 Å². The van der Waals surface area contributed by atoms with Gasteiger partial charge in [0.05, 0.1) is 48.3 Å². The lowest BCUT2D eigenvalue weighted by atomic mass is 9.86. The topological polar surface area (TPSA) is 159 Å². The van der Waals surface area contributed by atoms with Gasteiger partial charge in [-0.3, -0.25) is 19.6 Å². The lowest BCUT2D eigenvalue weighted by molar-refractivity contribution is -0.137. The number of pyridine rings is 2. The van der Waals surface area contributed by atoms with Crippen LogP contribution in [0.5, 0.6) is 11.5 Å². The van der Waals surface area contributed by atoms with Gasteiger partial charge >= 0.3 is 11.9 Å². The van der Waals surface area contributed by atoms with Crippen LogP contribution in [-0.2, 0) is 35.3 Å². The molecule has 10 nitrogen and oxygen atoms in total. The molecule has 0 spiro atoms. The number of ether oxygens (including phenoxy) is 2. The number of benzene rings is 6. The summed E-state index contributed by atoms with van der Waals surface area (Å²) in [7, 11) is 0. The molecule has 6 aromatic carbocycles. The summed E-state index contributed by atoms with van der Waals surface area (Å²) in [5.41, 5.74) is 8.69. The number of nitrogens with zero attached hydrogens (tertiary/aromatic N) is 2. The molecule has 2 aliphatic rings. The Hall–Kier alpha value is -7.02. The summed E-state index contributed by atoms with van der Waals surface area (Å²) in [6.45, 7) is 16.9. The number of carboxylic acids is 2. The Balaban J connectivity index is 0.000000171. The number of aromatic nitrogens is 2. The molecule has 2 aliphatic heterocycles. The van der Waals surface area contributed by atoms with Crippen LogP contribution in [0.4, 0.5) is 8.78 Å². The molecular weight excluding hydrogens is 879 g/mol. The predicted octanol–water partition coefficient (Wildman–Crippen LogP) is 12.0. The van der Waals surface area contributed by atoms with Gasteiger partial charge in [-0.2, -0.15) is 0 Å². The second-order valence-corrected chi connectivity index (χ2v) is 19.5. The average Bonchev–Trinajstić information content (AvgIpc) is 3.27. The van der Waals surface area contributed by atoms with Crippen LogP contribution in [0.15, 0.2) is 91.3 Å². The van der Waals surface area contributed by atoms with Crippen LogP contribution in [0.1, 0.15) is 80.5 Å². The van der Waals surface area contributed by atoms with Crippen molar-refractivity contribution in [2.75, 3.05) is 13.2 Å². The zero-order valence-corrected chi connectivity index (χ0v) is 40.5. The molecule has 0 saturated carbocycles. The molecule has 4 N–H and O–H groups in total. The van der Waals surface area contributed by atoms with E-state index < -0.39 is 23.1 Å². The van der Waals surface area contributed by atoms with Gasteiger partial charge in [0.2, 0.25) is 0 Å². The van der Waals surface area contributed by atoms with E-state index in [1.807, 2.05) is 61.5 Å². The number of carboxylic acid groups (broad SMARTS) is 2. The highest BCUT2D eigenvalue weighted by Gasteiger charge is 2.26. The van der Waals surface area contributed by atoms with Crippen LogP contribution in [0.25, 0.3) is 65.6 Å². The van der Waals surface area contributed by atoms with Crippen LogP contribution in [0.3, 0.4) is 0 Å². The van der Waals surface area contributed by atoms with Crippen molar-refractivity contribution in [3.8, 4) is 33.8 Å². The molecule has 0 amide bonds. The highest BCUT2D eigenvalue weighted by atomic mass is 19.1. The number of aliphatic hydroxyl groups is 2. The predicted molar refractivity (Wildman–Crippen MR) is 269 cm³/mol. The number of fused-ring (bicyclic) bond motifs is 2. The summed E-state index contributed by atoms with van der Waals surface area (Å²) in [5, 5.41) is 40.4. The molecule has 0 bridgehead atoms. The van der Waals surface area contributed by atoms with E-state index in [4.69, 9.17) is 19.7 Å². The Morgan fingerprint density at radius 3 is 1.52 bits per heavy atom. The first-order valence-corrected chi connectivity index (χ1v) is 22.9. The van der Waals surface area contributed by atoms with Crippen molar-refractivity contribution < 1.29 is 48.3 Å². The van der Waals surface area contributed by atoms with Gasteiger partial charge in [0.1, 0.15) is 23.1 Å². The minimum atomic E-state index is -0.997. The van der Waals surface area contributed by atoms with Crippen molar-refractivity contribution >= 4 is 55.3 Å². The van der Waals surface area contributed by atoms with Gasteiger partial charge in [0.25, 0.3) is 0 Å². The zero-order chi connectivity index (χ0) is 50.1.